The van der Waals surface area contributed by atoms with Gasteiger partial charge in [0.2, 0.25) is 0 Å². The van der Waals surface area contributed by atoms with E-state index in [0.717, 1.165) is 18.7 Å². The highest BCUT2D eigenvalue weighted by atomic mass is 19.1. The van der Waals surface area contributed by atoms with Gasteiger partial charge in [-0.25, -0.2) is 4.39 Å². The lowest BCUT2D eigenvalue weighted by Gasteiger charge is -2.29. The molecule has 0 aromatic heterocycles. The maximum absolute atomic E-state index is 13.5. The lowest BCUT2D eigenvalue weighted by molar-refractivity contribution is 0.0636. The van der Waals surface area contributed by atoms with E-state index in [-0.39, 0.29) is 12.5 Å². The average Bonchev–Trinajstić information content (AvgIpc) is 2.81. The molecule has 0 bridgehead atoms. The summed E-state index contributed by atoms with van der Waals surface area (Å²) in [6.07, 6.45) is 19.7. The topological polar surface area (TPSA) is 32.3 Å². The molecule has 1 saturated heterocycles. The number of unbranched alkanes of at least 4 members (excludes halogenated alkanes) is 13. The number of carbonyl (C=O) groups is 1. The number of carbonyl (C=O) groups excluding carboxylic acids is 1. The van der Waals surface area contributed by atoms with Crippen molar-refractivity contribution in [1.82, 2.24) is 4.90 Å². The van der Waals surface area contributed by atoms with Crippen LogP contribution in [0, 0.1) is 0 Å². The van der Waals surface area contributed by atoms with Crippen LogP contribution in [0.3, 0.4) is 0 Å². The molecule has 0 aliphatic carbocycles. The summed E-state index contributed by atoms with van der Waals surface area (Å²) in [5, 5.41) is 3.46. The monoisotopic (exact) mass is 446 g/mol. The molecule has 32 heavy (non-hydrogen) atoms. The van der Waals surface area contributed by atoms with Crippen LogP contribution in [0.4, 0.5) is 10.1 Å². The Morgan fingerprint density at radius 3 is 1.94 bits per heavy atom. The van der Waals surface area contributed by atoms with Crippen LogP contribution in [0.5, 0.6) is 0 Å². The van der Waals surface area contributed by atoms with Crippen LogP contribution in [-0.2, 0) is 0 Å². The quantitative estimate of drug-likeness (QED) is 0.245. The van der Waals surface area contributed by atoms with Crippen molar-refractivity contribution in [2.75, 3.05) is 25.0 Å². The van der Waals surface area contributed by atoms with Gasteiger partial charge in [-0.05, 0) is 43.5 Å². The summed E-state index contributed by atoms with van der Waals surface area (Å²) >= 11 is 0. The molecule has 4 heteroatoms. The molecule has 1 aliphatic heterocycles. The van der Waals surface area contributed by atoms with Crippen LogP contribution >= 0.6 is 0 Å². The second kappa shape index (κ2) is 17.0. The van der Waals surface area contributed by atoms with Gasteiger partial charge >= 0.3 is 0 Å². The van der Waals surface area contributed by atoms with Crippen molar-refractivity contribution in [3.8, 4) is 0 Å². The molecule has 1 aromatic rings. The van der Waals surface area contributed by atoms with Gasteiger partial charge in [-0.2, -0.15) is 0 Å². The standard InChI is InChI=1S/C28H47FN2O/c1-2-3-4-5-6-7-8-9-10-11-12-13-14-15-22-30-27-20-18-25(19-21-27)28(32)31-23-16-17-26(29)24-31/h18-21,26,30H,2-17,22-24H2,1H3. The van der Waals surface area contributed by atoms with Crippen molar-refractivity contribution in [2.24, 2.45) is 0 Å². The first-order chi connectivity index (χ1) is 15.7. The summed E-state index contributed by atoms with van der Waals surface area (Å²) in [5.41, 5.74) is 1.71. The average molecular weight is 447 g/mol. The predicted octanol–water partition coefficient (Wildman–Crippen LogP) is 8.15. The SMILES string of the molecule is CCCCCCCCCCCCCCCCNc1ccc(C(=O)N2CCCC(F)C2)cc1. The summed E-state index contributed by atoms with van der Waals surface area (Å²) in [4.78, 5) is 14.1. The third-order valence-corrected chi connectivity index (χ3v) is 6.64. The molecule has 1 atom stereocenters. The van der Waals surface area contributed by atoms with Crippen molar-refractivity contribution in [2.45, 2.75) is 116 Å². The molecule has 1 fully saturated rings. The van der Waals surface area contributed by atoms with Gasteiger partial charge in [0.1, 0.15) is 6.17 Å². The van der Waals surface area contributed by atoms with Crippen molar-refractivity contribution in [1.29, 1.82) is 0 Å². The van der Waals surface area contributed by atoms with Crippen LogP contribution < -0.4 is 5.32 Å². The fraction of sp³-hybridized carbons (Fsp3) is 0.750. The van der Waals surface area contributed by atoms with Crippen LogP contribution in [0.25, 0.3) is 0 Å². The van der Waals surface area contributed by atoms with E-state index in [1.165, 1.54) is 89.9 Å². The molecular formula is C28H47FN2O. The second-order valence-electron chi connectivity index (χ2n) is 9.59. The van der Waals surface area contributed by atoms with E-state index in [1.807, 2.05) is 24.3 Å². The van der Waals surface area contributed by atoms with E-state index < -0.39 is 6.17 Å². The first kappa shape index (κ1) is 26.7. The number of hydrogen-bond acceptors (Lipinski definition) is 2. The van der Waals surface area contributed by atoms with Crippen LogP contribution in [0.15, 0.2) is 24.3 Å². The fourth-order valence-electron chi connectivity index (χ4n) is 4.58. The van der Waals surface area contributed by atoms with Gasteiger partial charge in [0.05, 0.1) is 6.54 Å². The molecule has 1 aliphatic rings. The molecule has 182 valence electrons. The maximum Gasteiger partial charge on any atom is 0.253 e. The Bertz CT molecular complexity index is 604. The van der Waals surface area contributed by atoms with Crippen molar-refractivity contribution in [3.05, 3.63) is 29.8 Å². The summed E-state index contributed by atoms with van der Waals surface area (Å²) in [6.45, 7) is 4.15. The van der Waals surface area contributed by atoms with Crippen molar-refractivity contribution < 1.29 is 9.18 Å². The van der Waals surface area contributed by atoms with Crippen LogP contribution in [-0.4, -0.2) is 36.6 Å². The van der Waals surface area contributed by atoms with Gasteiger partial charge in [0, 0.05) is 24.3 Å². The number of rotatable bonds is 17. The summed E-state index contributed by atoms with van der Waals surface area (Å²) < 4.78 is 13.5. The number of nitrogens with one attached hydrogen (secondary N) is 1. The van der Waals surface area contributed by atoms with Gasteiger partial charge in [-0.3, -0.25) is 4.79 Å². The number of benzene rings is 1. The molecular weight excluding hydrogens is 399 g/mol. The number of halogens is 1. The number of piperidine rings is 1. The maximum atomic E-state index is 13.5. The van der Waals surface area contributed by atoms with Crippen molar-refractivity contribution >= 4 is 11.6 Å². The van der Waals surface area contributed by atoms with E-state index in [0.29, 0.717) is 18.5 Å². The van der Waals surface area contributed by atoms with Gasteiger partial charge in [0.15, 0.2) is 0 Å². The van der Waals surface area contributed by atoms with Gasteiger partial charge < -0.3 is 10.2 Å². The Kier molecular flexibility index (Phi) is 14.1. The first-order valence-electron chi connectivity index (χ1n) is 13.5. The molecule has 1 N–H and O–H groups in total. The number of alkyl halides is 1. The van der Waals surface area contributed by atoms with E-state index >= 15 is 0 Å². The Morgan fingerprint density at radius 2 is 1.41 bits per heavy atom. The summed E-state index contributed by atoms with van der Waals surface area (Å²) in [7, 11) is 0. The minimum absolute atomic E-state index is 0.0501. The smallest absolute Gasteiger partial charge is 0.253 e. The predicted molar refractivity (Wildman–Crippen MR) is 135 cm³/mol. The Hall–Kier alpha value is -1.58. The molecule has 1 unspecified atom stereocenters. The molecule has 1 heterocycles. The highest BCUT2D eigenvalue weighted by Crippen LogP contribution is 2.18. The number of nitrogens with zero attached hydrogens (tertiary/aromatic N) is 1. The summed E-state index contributed by atoms with van der Waals surface area (Å²) in [6, 6.07) is 7.65. The Morgan fingerprint density at radius 1 is 0.875 bits per heavy atom. The van der Waals surface area contributed by atoms with Crippen LogP contribution in [0.1, 0.15) is 120 Å². The lowest BCUT2D eigenvalue weighted by Crippen LogP contribution is -2.40. The molecule has 0 spiro atoms. The lowest BCUT2D eigenvalue weighted by atomic mass is 10.0. The first-order valence-corrected chi connectivity index (χ1v) is 13.5. The van der Waals surface area contributed by atoms with Gasteiger partial charge in [-0.1, -0.05) is 90.4 Å². The fourth-order valence-corrected chi connectivity index (χ4v) is 4.58. The molecule has 1 aromatic carbocycles. The van der Waals surface area contributed by atoms with Gasteiger partial charge in [-0.15, -0.1) is 0 Å². The van der Waals surface area contributed by atoms with Crippen molar-refractivity contribution in [3.63, 3.8) is 0 Å². The normalized spacial score (nSPS) is 16.3. The zero-order valence-corrected chi connectivity index (χ0v) is 20.6. The third-order valence-electron chi connectivity index (χ3n) is 6.64. The molecule has 2 rings (SSSR count). The highest BCUT2D eigenvalue weighted by molar-refractivity contribution is 5.94. The Balaban J connectivity index is 1.43. The largest absolute Gasteiger partial charge is 0.385 e. The second-order valence-corrected chi connectivity index (χ2v) is 9.59. The van der Waals surface area contributed by atoms with E-state index in [9.17, 15) is 9.18 Å². The minimum Gasteiger partial charge on any atom is -0.385 e. The molecule has 3 nitrogen and oxygen atoms in total. The van der Waals surface area contributed by atoms with E-state index in [1.54, 1.807) is 4.90 Å². The zero-order valence-electron chi connectivity index (χ0n) is 20.6. The van der Waals surface area contributed by atoms with E-state index in [4.69, 9.17) is 0 Å². The zero-order chi connectivity index (χ0) is 22.9. The van der Waals surface area contributed by atoms with E-state index in [2.05, 4.69) is 12.2 Å². The number of hydrogen-bond donors (Lipinski definition) is 1. The number of anilines is 1. The third kappa shape index (κ3) is 11.3. The number of likely N-dealkylation sites (tertiary alicyclic amines) is 1. The minimum atomic E-state index is -0.876. The molecule has 1 amide bonds. The molecule has 0 saturated carbocycles. The highest BCUT2D eigenvalue weighted by Gasteiger charge is 2.23. The summed E-state index contributed by atoms with van der Waals surface area (Å²) in [5.74, 6) is -0.0501. The molecule has 0 radical (unpaired) electrons. The van der Waals surface area contributed by atoms with Gasteiger partial charge in [0.25, 0.3) is 5.91 Å². The number of amides is 1. The Labute approximate surface area is 196 Å². The van der Waals surface area contributed by atoms with Crippen LogP contribution in [0.2, 0.25) is 0 Å².